The molecule has 0 aliphatic carbocycles. The Kier molecular flexibility index (Phi) is 6.19. The van der Waals surface area contributed by atoms with Crippen molar-refractivity contribution in [1.29, 1.82) is 0 Å². The van der Waals surface area contributed by atoms with Gasteiger partial charge in [-0.15, -0.1) is 0 Å². The number of rotatable bonds is 7. The minimum Gasteiger partial charge on any atom is -0.488 e. The number of sulfonamides is 1. The third-order valence-corrected chi connectivity index (χ3v) is 4.78. The molecule has 2 rings (SSSR count). The molecule has 0 unspecified atom stereocenters. The fraction of sp³-hybridized carbons (Fsp3) is 0.188. The fourth-order valence-electron chi connectivity index (χ4n) is 1.84. The van der Waals surface area contributed by atoms with Crippen molar-refractivity contribution in [3.8, 4) is 5.75 Å². The molecule has 2 aromatic rings. The fourth-order valence-corrected chi connectivity index (χ4v) is 2.81. The highest BCUT2D eigenvalue weighted by Gasteiger charge is 2.15. The number of nitrogens with one attached hydrogen (secondary N) is 1. The van der Waals surface area contributed by atoms with E-state index in [1.165, 1.54) is 31.3 Å². The van der Waals surface area contributed by atoms with Crippen molar-refractivity contribution in [3.05, 3.63) is 59.1 Å². The first-order valence-electron chi connectivity index (χ1n) is 7.02. The van der Waals surface area contributed by atoms with Crippen LogP contribution in [0.25, 0.3) is 0 Å². The van der Waals surface area contributed by atoms with Crippen molar-refractivity contribution in [1.82, 2.24) is 4.72 Å². The van der Waals surface area contributed by atoms with Crippen LogP contribution in [0, 0.1) is 0 Å². The molecule has 0 saturated carbocycles. The summed E-state index contributed by atoms with van der Waals surface area (Å²) in [7, 11) is -2.32. The molecule has 0 radical (unpaired) electrons. The Morgan fingerprint density at radius 3 is 2.58 bits per heavy atom. The van der Waals surface area contributed by atoms with Gasteiger partial charge < -0.3 is 9.47 Å². The van der Waals surface area contributed by atoms with E-state index >= 15 is 0 Å². The zero-order valence-electron chi connectivity index (χ0n) is 12.9. The van der Waals surface area contributed by atoms with Gasteiger partial charge in [-0.25, -0.2) is 17.9 Å². The van der Waals surface area contributed by atoms with Crippen LogP contribution in [0.1, 0.15) is 10.4 Å². The summed E-state index contributed by atoms with van der Waals surface area (Å²) in [4.78, 5) is 12.0. The highest BCUT2D eigenvalue weighted by Crippen LogP contribution is 2.22. The molecule has 2 aromatic carbocycles. The van der Waals surface area contributed by atoms with Gasteiger partial charge in [0.1, 0.15) is 19.0 Å². The van der Waals surface area contributed by atoms with Crippen LogP contribution in [-0.4, -0.2) is 34.6 Å². The largest absolute Gasteiger partial charge is 0.488 e. The molecule has 1 N–H and O–H groups in total. The van der Waals surface area contributed by atoms with Crippen LogP contribution in [0.4, 0.5) is 0 Å². The predicted molar refractivity (Wildman–Crippen MR) is 89.9 cm³/mol. The number of benzene rings is 2. The summed E-state index contributed by atoms with van der Waals surface area (Å²) in [5, 5.41) is 0.466. The normalized spacial score (nSPS) is 11.1. The summed E-state index contributed by atoms with van der Waals surface area (Å²) >= 11 is 5.94. The molecule has 0 fully saturated rings. The molecule has 0 spiro atoms. The van der Waals surface area contributed by atoms with E-state index in [1.807, 2.05) is 0 Å². The maximum absolute atomic E-state index is 12.0. The summed E-state index contributed by atoms with van der Waals surface area (Å²) < 4.78 is 36.1. The Labute approximate surface area is 145 Å². The smallest absolute Gasteiger partial charge is 0.338 e. The summed E-state index contributed by atoms with van der Waals surface area (Å²) in [5.41, 5.74) is 0.143. The number of halogens is 1. The lowest BCUT2D eigenvalue weighted by Crippen LogP contribution is -2.19. The van der Waals surface area contributed by atoms with Gasteiger partial charge in [-0.2, -0.15) is 0 Å². The number of hydrogen-bond acceptors (Lipinski definition) is 5. The van der Waals surface area contributed by atoms with Crippen LogP contribution in [0.3, 0.4) is 0 Å². The summed E-state index contributed by atoms with van der Waals surface area (Å²) in [6.45, 7) is 0.136. The maximum atomic E-state index is 12.0. The van der Waals surface area contributed by atoms with Crippen LogP contribution in [-0.2, 0) is 14.8 Å². The van der Waals surface area contributed by atoms with Crippen LogP contribution in [0.5, 0.6) is 5.75 Å². The van der Waals surface area contributed by atoms with Crippen LogP contribution in [0.2, 0.25) is 5.02 Å². The number of carbonyl (C=O) groups excluding carboxylic acids is 1. The Bertz CT molecular complexity index is 823. The zero-order chi connectivity index (χ0) is 17.6. The molecule has 8 heteroatoms. The van der Waals surface area contributed by atoms with Crippen molar-refractivity contribution in [3.63, 3.8) is 0 Å². The second-order valence-electron chi connectivity index (χ2n) is 4.65. The van der Waals surface area contributed by atoms with Gasteiger partial charge in [0.15, 0.2) is 0 Å². The number of para-hydroxylation sites is 1. The summed E-state index contributed by atoms with van der Waals surface area (Å²) in [6.07, 6.45) is 0. The summed E-state index contributed by atoms with van der Waals surface area (Å²) in [5.74, 6) is -0.136. The second kappa shape index (κ2) is 8.14. The molecule has 0 bridgehead atoms. The molecule has 0 aliphatic heterocycles. The topological polar surface area (TPSA) is 81.7 Å². The van der Waals surface area contributed by atoms with E-state index < -0.39 is 16.0 Å². The Morgan fingerprint density at radius 2 is 1.88 bits per heavy atom. The Morgan fingerprint density at radius 1 is 1.12 bits per heavy atom. The average molecular weight is 370 g/mol. The number of esters is 1. The van der Waals surface area contributed by atoms with E-state index in [1.54, 1.807) is 24.3 Å². The molecule has 0 aromatic heterocycles. The molecule has 0 amide bonds. The van der Waals surface area contributed by atoms with Gasteiger partial charge in [-0.1, -0.05) is 29.8 Å². The lowest BCUT2D eigenvalue weighted by atomic mass is 10.2. The molecule has 0 saturated heterocycles. The lowest BCUT2D eigenvalue weighted by Gasteiger charge is -2.09. The van der Waals surface area contributed by atoms with E-state index in [-0.39, 0.29) is 23.7 Å². The van der Waals surface area contributed by atoms with Crippen molar-refractivity contribution < 1.29 is 22.7 Å². The van der Waals surface area contributed by atoms with E-state index in [2.05, 4.69) is 4.72 Å². The van der Waals surface area contributed by atoms with E-state index in [0.717, 1.165) is 0 Å². The van der Waals surface area contributed by atoms with E-state index in [9.17, 15) is 13.2 Å². The number of ether oxygens (including phenoxy) is 2. The highest BCUT2D eigenvalue weighted by molar-refractivity contribution is 7.89. The number of hydrogen-bond donors (Lipinski definition) is 1. The van der Waals surface area contributed by atoms with Crippen molar-refractivity contribution in [2.75, 3.05) is 20.3 Å². The molecule has 24 heavy (non-hydrogen) atoms. The van der Waals surface area contributed by atoms with E-state index in [0.29, 0.717) is 10.8 Å². The Balaban J connectivity index is 1.91. The molecular weight excluding hydrogens is 354 g/mol. The first-order valence-corrected chi connectivity index (χ1v) is 8.88. The first-order chi connectivity index (χ1) is 11.4. The van der Waals surface area contributed by atoms with Gasteiger partial charge in [0.2, 0.25) is 10.0 Å². The zero-order valence-corrected chi connectivity index (χ0v) is 14.4. The second-order valence-corrected chi connectivity index (χ2v) is 6.94. The molecule has 128 valence electrons. The van der Waals surface area contributed by atoms with Gasteiger partial charge in [-0.3, -0.25) is 0 Å². The molecule has 0 atom stereocenters. The van der Waals surface area contributed by atoms with Gasteiger partial charge >= 0.3 is 5.97 Å². The molecular formula is C16H16ClNO5S. The third-order valence-electron chi connectivity index (χ3n) is 3.06. The minimum absolute atomic E-state index is 0.00701. The highest BCUT2D eigenvalue weighted by atomic mass is 35.5. The third kappa shape index (κ3) is 4.70. The lowest BCUT2D eigenvalue weighted by molar-refractivity contribution is 0.0450. The van der Waals surface area contributed by atoms with Gasteiger partial charge in [0, 0.05) is 0 Å². The first kappa shape index (κ1) is 18.3. The van der Waals surface area contributed by atoms with Gasteiger partial charge in [0.25, 0.3) is 0 Å². The van der Waals surface area contributed by atoms with Crippen molar-refractivity contribution in [2.45, 2.75) is 4.90 Å². The van der Waals surface area contributed by atoms with Gasteiger partial charge in [0.05, 0.1) is 15.5 Å². The molecule has 0 aliphatic rings. The predicted octanol–water partition coefficient (Wildman–Crippen LogP) is 2.48. The van der Waals surface area contributed by atoms with E-state index in [4.69, 9.17) is 21.1 Å². The quantitative estimate of drug-likeness (QED) is 0.599. The van der Waals surface area contributed by atoms with Crippen molar-refractivity contribution in [2.24, 2.45) is 0 Å². The molecule has 6 nitrogen and oxygen atoms in total. The average Bonchev–Trinajstić information content (AvgIpc) is 2.60. The van der Waals surface area contributed by atoms with Crippen LogP contribution in [0.15, 0.2) is 53.4 Å². The maximum Gasteiger partial charge on any atom is 0.338 e. The van der Waals surface area contributed by atoms with Crippen LogP contribution >= 0.6 is 11.6 Å². The van der Waals surface area contributed by atoms with Gasteiger partial charge in [-0.05, 0) is 37.4 Å². The monoisotopic (exact) mass is 369 g/mol. The SMILES string of the molecule is CNS(=O)(=O)c1cccc(C(=O)OCCOc2ccccc2Cl)c1. The van der Waals surface area contributed by atoms with Crippen molar-refractivity contribution >= 4 is 27.6 Å². The minimum atomic E-state index is -3.62. The number of carbonyl (C=O) groups is 1. The van der Waals surface area contributed by atoms with Crippen LogP contribution < -0.4 is 9.46 Å². The summed E-state index contributed by atoms with van der Waals surface area (Å²) in [6, 6.07) is 12.5. The Hall–Kier alpha value is -2.09. The standard InChI is InChI=1S/C16H16ClNO5S/c1-18-24(20,21)13-6-4-5-12(11-13)16(19)23-10-9-22-15-8-3-2-7-14(15)17/h2-8,11,18H,9-10H2,1H3. The molecule has 0 heterocycles.